The van der Waals surface area contributed by atoms with E-state index in [1.54, 1.807) is 0 Å². The average molecular weight is 277 g/mol. The molecule has 1 heterocycles. The van der Waals surface area contributed by atoms with Gasteiger partial charge >= 0.3 is 0 Å². The van der Waals surface area contributed by atoms with Gasteiger partial charge in [-0.15, -0.1) is 0 Å². The summed E-state index contributed by atoms with van der Waals surface area (Å²) in [7, 11) is 0. The summed E-state index contributed by atoms with van der Waals surface area (Å²) in [6, 6.07) is 3.02. The van der Waals surface area contributed by atoms with Gasteiger partial charge in [0.2, 0.25) is 0 Å². The van der Waals surface area contributed by atoms with Crippen molar-refractivity contribution in [3.8, 4) is 0 Å². The molecule has 0 spiro atoms. The monoisotopic (exact) mass is 276 g/mol. The van der Waals surface area contributed by atoms with E-state index >= 15 is 0 Å². The van der Waals surface area contributed by atoms with Crippen LogP contribution >= 0.6 is 23.2 Å². The number of aliphatic hydroxyl groups excluding tert-OH is 1. The molecule has 1 amide bonds. The summed E-state index contributed by atoms with van der Waals surface area (Å²) in [4.78, 5) is 15.6. The second-order valence-corrected chi connectivity index (χ2v) is 4.46. The number of hydrogen-bond acceptors (Lipinski definition) is 3. The van der Waals surface area contributed by atoms with Gasteiger partial charge in [-0.2, -0.15) is 0 Å². The molecule has 0 bridgehead atoms. The van der Waals surface area contributed by atoms with E-state index in [4.69, 9.17) is 28.3 Å². The number of pyridine rings is 1. The molecule has 1 rings (SSSR count). The van der Waals surface area contributed by atoms with Crippen molar-refractivity contribution in [2.75, 3.05) is 6.61 Å². The molecule has 94 valence electrons. The lowest BCUT2D eigenvalue weighted by Crippen LogP contribution is -2.32. The highest BCUT2D eigenvalue weighted by atomic mass is 35.5. The van der Waals surface area contributed by atoms with E-state index in [1.165, 1.54) is 12.1 Å². The smallest absolute Gasteiger partial charge is 0.254 e. The van der Waals surface area contributed by atoms with Gasteiger partial charge in [-0.05, 0) is 31.9 Å². The van der Waals surface area contributed by atoms with Crippen molar-refractivity contribution in [3.05, 3.63) is 28.0 Å². The summed E-state index contributed by atoms with van der Waals surface area (Å²) in [5, 5.41) is 11.8. The number of amides is 1. The van der Waals surface area contributed by atoms with Crippen molar-refractivity contribution >= 4 is 29.1 Å². The van der Waals surface area contributed by atoms with E-state index in [0.717, 1.165) is 0 Å². The minimum absolute atomic E-state index is 0.0265. The molecule has 0 aliphatic rings. The summed E-state index contributed by atoms with van der Waals surface area (Å²) < 4.78 is 0. The fourth-order valence-corrected chi connectivity index (χ4v) is 1.78. The highest BCUT2D eigenvalue weighted by molar-refractivity contribution is 6.34. The minimum atomic E-state index is -0.287. The predicted molar refractivity (Wildman–Crippen MR) is 67.5 cm³/mol. The first-order valence-electron chi connectivity index (χ1n) is 5.28. The molecule has 0 aromatic carbocycles. The Balaban J connectivity index is 2.63. The lowest BCUT2D eigenvalue weighted by atomic mass is 10.1. The molecular formula is C11H14Cl2N2O2. The lowest BCUT2D eigenvalue weighted by molar-refractivity contribution is 0.0936. The van der Waals surface area contributed by atoms with Gasteiger partial charge in [-0.1, -0.05) is 23.2 Å². The first kappa shape index (κ1) is 14.2. The Morgan fingerprint density at radius 3 is 2.82 bits per heavy atom. The Bertz CT molecular complexity index is 399. The number of nitrogens with zero attached hydrogens (tertiary/aromatic N) is 1. The molecule has 4 nitrogen and oxygen atoms in total. The van der Waals surface area contributed by atoms with Crippen molar-refractivity contribution in [2.45, 2.75) is 25.8 Å². The molecule has 0 fully saturated rings. The van der Waals surface area contributed by atoms with Crippen LogP contribution in [-0.2, 0) is 0 Å². The lowest BCUT2D eigenvalue weighted by Gasteiger charge is -2.13. The van der Waals surface area contributed by atoms with Gasteiger partial charge in [-0.25, -0.2) is 4.98 Å². The number of halogens is 2. The fourth-order valence-electron chi connectivity index (χ4n) is 1.35. The second-order valence-electron chi connectivity index (χ2n) is 3.71. The molecule has 1 aromatic rings. The summed E-state index contributed by atoms with van der Waals surface area (Å²) in [5.41, 5.74) is 0.298. The summed E-state index contributed by atoms with van der Waals surface area (Å²) in [6.45, 7) is 1.98. The van der Waals surface area contributed by atoms with Crippen LogP contribution in [0.3, 0.4) is 0 Å². The van der Waals surface area contributed by atoms with Gasteiger partial charge < -0.3 is 10.4 Å². The SMILES string of the molecule is CC(CCCO)NC(=O)c1ccc(Cl)nc1Cl. The van der Waals surface area contributed by atoms with Gasteiger partial charge in [0.25, 0.3) is 5.91 Å². The van der Waals surface area contributed by atoms with E-state index in [9.17, 15) is 4.79 Å². The Hall–Kier alpha value is -0.840. The minimum Gasteiger partial charge on any atom is -0.396 e. The van der Waals surface area contributed by atoms with E-state index in [-0.39, 0.29) is 28.9 Å². The first-order valence-corrected chi connectivity index (χ1v) is 6.04. The molecule has 1 atom stereocenters. The quantitative estimate of drug-likeness (QED) is 0.812. The van der Waals surface area contributed by atoms with Crippen molar-refractivity contribution in [2.24, 2.45) is 0 Å². The zero-order chi connectivity index (χ0) is 12.8. The van der Waals surface area contributed by atoms with Crippen LogP contribution in [0.15, 0.2) is 12.1 Å². The average Bonchev–Trinajstić information content (AvgIpc) is 2.26. The molecular weight excluding hydrogens is 263 g/mol. The Kier molecular flexibility index (Phi) is 5.68. The van der Waals surface area contributed by atoms with Crippen LogP contribution in [0.2, 0.25) is 10.3 Å². The number of carbonyl (C=O) groups excluding carboxylic acids is 1. The van der Waals surface area contributed by atoms with Gasteiger partial charge in [0.05, 0.1) is 5.56 Å². The molecule has 1 aromatic heterocycles. The summed E-state index contributed by atoms with van der Waals surface area (Å²) in [5.74, 6) is -0.287. The predicted octanol–water partition coefficient (Wildman–Crippen LogP) is 2.28. The van der Waals surface area contributed by atoms with Crippen LogP contribution in [0.25, 0.3) is 0 Å². The third-order valence-corrected chi connectivity index (χ3v) is 2.73. The van der Waals surface area contributed by atoms with Crippen LogP contribution in [-0.4, -0.2) is 28.6 Å². The van der Waals surface area contributed by atoms with Crippen molar-refractivity contribution < 1.29 is 9.90 Å². The number of aromatic nitrogens is 1. The molecule has 0 radical (unpaired) electrons. The fraction of sp³-hybridized carbons (Fsp3) is 0.455. The van der Waals surface area contributed by atoms with Gasteiger partial charge in [0, 0.05) is 12.6 Å². The largest absolute Gasteiger partial charge is 0.396 e. The zero-order valence-electron chi connectivity index (χ0n) is 9.41. The summed E-state index contributed by atoms with van der Waals surface area (Å²) >= 11 is 11.5. The summed E-state index contributed by atoms with van der Waals surface area (Å²) in [6.07, 6.45) is 1.36. The molecule has 2 N–H and O–H groups in total. The van der Waals surface area contributed by atoms with Crippen LogP contribution < -0.4 is 5.32 Å². The van der Waals surface area contributed by atoms with E-state index in [2.05, 4.69) is 10.3 Å². The molecule has 6 heteroatoms. The highest BCUT2D eigenvalue weighted by Crippen LogP contribution is 2.16. The standard InChI is InChI=1S/C11H14Cl2N2O2/c1-7(3-2-6-16)14-11(17)8-4-5-9(12)15-10(8)13/h4-5,7,16H,2-3,6H2,1H3,(H,14,17). The molecule has 0 aliphatic heterocycles. The Morgan fingerprint density at radius 1 is 1.53 bits per heavy atom. The number of hydrogen-bond donors (Lipinski definition) is 2. The van der Waals surface area contributed by atoms with E-state index in [0.29, 0.717) is 18.4 Å². The van der Waals surface area contributed by atoms with Crippen LogP contribution in [0.5, 0.6) is 0 Å². The molecule has 0 aliphatic carbocycles. The second kappa shape index (κ2) is 6.79. The van der Waals surface area contributed by atoms with Crippen LogP contribution in [0, 0.1) is 0 Å². The number of nitrogens with one attached hydrogen (secondary N) is 1. The van der Waals surface area contributed by atoms with Gasteiger partial charge in [0.1, 0.15) is 10.3 Å². The maximum atomic E-state index is 11.8. The Morgan fingerprint density at radius 2 is 2.24 bits per heavy atom. The van der Waals surface area contributed by atoms with Crippen LogP contribution in [0.4, 0.5) is 0 Å². The van der Waals surface area contributed by atoms with Gasteiger partial charge in [0.15, 0.2) is 0 Å². The third kappa shape index (κ3) is 4.50. The maximum absolute atomic E-state index is 11.8. The van der Waals surface area contributed by atoms with E-state index in [1.807, 2.05) is 6.92 Å². The van der Waals surface area contributed by atoms with Crippen molar-refractivity contribution in [1.29, 1.82) is 0 Å². The zero-order valence-corrected chi connectivity index (χ0v) is 10.9. The molecule has 0 saturated carbocycles. The molecule has 0 saturated heterocycles. The normalized spacial score (nSPS) is 12.2. The third-order valence-electron chi connectivity index (χ3n) is 2.23. The number of carbonyl (C=O) groups is 1. The number of aliphatic hydroxyl groups is 1. The van der Waals surface area contributed by atoms with E-state index < -0.39 is 0 Å². The van der Waals surface area contributed by atoms with Crippen molar-refractivity contribution in [3.63, 3.8) is 0 Å². The van der Waals surface area contributed by atoms with Crippen LogP contribution in [0.1, 0.15) is 30.1 Å². The first-order chi connectivity index (χ1) is 8.04. The highest BCUT2D eigenvalue weighted by Gasteiger charge is 2.14. The Labute approximate surface area is 110 Å². The number of rotatable bonds is 5. The topological polar surface area (TPSA) is 62.2 Å². The maximum Gasteiger partial charge on any atom is 0.254 e. The molecule has 1 unspecified atom stereocenters. The van der Waals surface area contributed by atoms with Crippen molar-refractivity contribution in [1.82, 2.24) is 10.3 Å². The molecule has 17 heavy (non-hydrogen) atoms. The van der Waals surface area contributed by atoms with Gasteiger partial charge in [-0.3, -0.25) is 4.79 Å².